The van der Waals surface area contributed by atoms with Crippen LogP contribution in [0.4, 0.5) is 10.6 Å². The minimum Gasteiger partial charge on any atom is -0.450 e. The van der Waals surface area contributed by atoms with Crippen molar-refractivity contribution in [2.45, 2.75) is 6.92 Å². The number of benzene rings is 1. The SMILES string of the molecule is CCOC(=O)Nc1cc2ccccc2cn1. The number of anilines is 1. The molecule has 82 valence electrons. The normalized spacial score (nSPS) is 10.1. The van der Waals surface area contributed by atoms with E-state index in [9.17, 15) is 4.79 Å². The molecule has 4 heteroatoms. The molecule has 4 nitrogen and oxygen atoms in total. The number of carbonyl (C=O) groups excluding carboxylic acids is 1. The summed E-state index contributed by atoms with van der Waals surface area (Å²) in [5.41, 5.74) is 0. The topological polar surface area (TPSA) is 51.2 Å². The van der Waals surface area contributed by atoms with Crippen LogP contribution in [0.5, 0.6) is 0 Å². The highest BCUT2D eigenvalue weighted by Gasteiger charge is 2.03. The monoisotopic (exact) mass is 216 g/mol. The number of hydrogen-bond acceptors (Lipinski definition) is 3. The summed E-state index contributed by atoms with van der Waals surface area (Å²) in [5, 5.41) is 4.63. The Labute approximate surface area is 93.3 Å². The Hall–Kier alpha value is -2.10. The van der Waals surface area contributed by atoms with E-state index in [2.05, 4.69) is 10.3 Å². The quantitative estimate of drug-likeness (QED) is 0.839. The Bertz CT molecular complexity index is 511. The fourth-order valence-corrected chi connectivity index (χ4v) is 1.42. The maximum Gasteiger partial charge on any atom is 0.412 e. The van der Waals surface area contributed by atoms with Crippen LogP contribution in [0, 0.1) is 0 Å². The third-order valence-corrected chi connectivity index (χ3v) is 2.14. The first-order valence-electron chi connectivity index (χ1n) is 5.08. The molecule has 1 heterocycles. The van der Waals surface area contributed by atoms with Gasteiger partial charge in [-0.15, -0.1) is 0 Å². The Balaban J connectivity index is 2.22. The molecule has 0 aliphatic heterocycles. The van der Waals surface area contributed by atoms with Gasteiger partial charge in [0.1, 0.15) is 5.82 Å². The lowest BCUT2D eigenvalue weighted by Gasteiger charge is -2.05. The minimum absolute atomic E-state index is 0.347. The van der Waals surface area contributed by atoms with Gasteiger partial charge in [0.25, 0.3) is 0 Å². The van der Waals surface area contributed by atoms with Crippen LogP contribution in [0.15, 0.2) is 36.5 Å². The van der Waals surface area contributed by atoms with Crippen molar-refractivity contribution in [3.8, 4) is 0 Å². The number of hydrogen-bond donors (Lipinski definition) is 1. The van der Waals surface area contributed by atoms with Crippen LogP contribution in [0.25, 0.3) is 10.8 Å². The molecule has 1 aromatic carbocycles. The number of rotatable bonds is 2. The summed E-state index contributed by atoms with van der Waals surface area (Å²) in [5.74, 6) is 0.497. The maximum absolute atomic E-state index is 11.2. The molecule has 0 aliphatic carbocycles. The van der Waals surface area contributed by atoms with Gasteiger partial charge >= 0.3 is 6.09 Å². The second-order valence-corrected chi connectivity index (χ2v) is 3.26. The molecule has 2 aromatic rings. The summed E-state index contributed by atoms with van der Waals surface area (Å²) < 4.78 is 4.77. The largest absolute Gasteiger partial charge is 0.450 e. The molecule has 0 fully saturated rings. The van der Waals surface area contributed by atoms with E-state index in [4.69, 9.17) is 4.74 Å². The van der Waals surface area contributed by atoms with Crippen LogP contribution >= 0.6 is 0 Å². The average Bonchev–Trinajstić information content (AvgIpc) is 2.29. The molecule has 1 aromatic heterocycles. The highest BCUT2D eigenvalue weighted by Crippen LogP contribution is 2.15. The molecule has 2 rings (SSSR count). The Kier molecular flexibility index (Phi) is 3.00. The van der Waals surface area contributed by atoms with Gasteiger partial charge in [-0.2, -0.15) is 0 Å². The number of fused-ring (bicyclic) bond motifs is 1. The van der Waals surface area contributed by atoms with E-state index in [1.54, 1.807) is 13.1 Å². The summed E-state index contributed by atoms with van der Waals surface area (Å²) in [7, 11) is 0. The lowest BCUT2D eigenvalue weighted by Crippen LogP contribution is -2.14. The summed E-state index contributed by atoms with van der Waals surface area (Å²) in [4.78, 5) is 15.3. The van der Waals surface area contributed by atoms with Gasteiger partial charge in [0.15, 0.2) is 0 Å². The molecular formula is C12H12N2O2. The number of nitrogens with one attached hydrogen (secondary N) is 1. The molecule has 0 saturated carbocycles. The molecule has 0 aliphatic rings. The van der Waals surface area contributed by atoms with Gasteiger partial charge in [-0.3, -0.25) is 5.32 Å². The van der Waals surface area contributed by atoms with Gasteiger partial charge in [-0.05, 0) is 18.4 Å². The fraction of sp³-hybridized carbons (Fsp3) is 0.167. The zero-order valence-electron chi connectivity index (χ0n) is 8.93. The molecule has 1 N–H and O–H groups in total. The lowest BCUT2D eigenvalue weighted by atomic mass is 10.2. The minimum atomic E-state index is -0.481. The van der Waals surface area contributed by atoms with Gasteiger partial charge < -0.3 is 4.74 Å². The van der Waals surface area contributed by atoms with Crippen LogP contribution in [-0.4, -0.2) is 17.7 Å². The van der Waals surface area contributed by atoms with E-state index in [1.165, 1.54) is 0 Å². The average molecular weight is 216 g/mol. The van der Waals surface area contributed by atoms with Crippen molar-refractivity contribution >= 4 is 22.7 Å². The predicted octanol–water partition coefficient (Wildman–Crippen LogP) is 2.80. The van der Waals surface area contributed by atoms with Crippen LogP contribution in [0.3, 0.4) is 0 Å². The Morgan fingerprint density at radius 3 is 2.88 bits per heavy atom. The molecule has 16 heavy (non-hydrogen) atoms. The number of amides is 1. The van der Waals surface area contributed by atoms with E-state index >= 15 is 0 Å². The first-order valence-corrected chi connectivity index (χ1v) is 5.08. The van der Waals surface area contributed by atoms with Crippen molar-refractivity contribution in [2.75, 3.05) is 11.9 Å². The second kappa shape index (κ2) is 4.61. The van der Waals surface area contributed by atoms with Crippen molar-refractivity contribution in [2.24, 2.45) is 0 Å². The molecule has 0 atom stereocenters. The number of ether oxygens (including phenoxy) is 1. The maximum atomic E-state index is 11.2. The molecule has 0 unspecified atom stereocenters. The summed E-state index contributed by atoms with van der Waals surface area (Å²) in [6, 6.07) is 9.63. The molecule has 1 amide bonds. The number of carbonyl (C=O) groups is 1. The number of pyridine rings is 1. The highest BCUT2D eigenvalue weighted by molar-refractivity contribution is 5.89. The number of aromatic nitrogens is 1. The smallest absolute Gasteiger partial charge is 0.412 e. The Morgan fingerprint density at radius 1 is 1.38 bits per heavy atom. The van der Waals surface area contributed by atoms with E-state index in [-0.39, 0.29) is 0 Å². The van der Waals surface area contributed by atoms with Gasteiger partial charge in [-0.1, -0.05) is 24.3 Å². The number of nitrogens with zero attached hydrogens (tertiary/aromatic N) is 1. The van der Waals surface area contributed by atoms with Crippen LogP contribution < -0.4 is 5.32 Å². The van der Waals surface area contributed by atoms with Crippen molar-refractivity contribution in [1.29, 1.82) is 0 Å². The first kappa shape index (κ1) is 10.4. The van der Waals surface area contributed by atoms with E-state index in [0.29, 0.717) is 12.4 Å². The summed E-state index contributed by atoms with van der Waals surface area (Å²) in [6.07, 6.45) is 1.24. The first-order chi connectivity index (χ1) is 7.79. The van der Waals surface area contributed by atoms with E-state index < -0.39 is 6.09 Å². The lowest BCUT2D eigenvalue weighted by molar-refractivity contribution is 0.168. The molecule has 0 saturated heterocycles. The molecule has 0 bridgehead atoms. The molecular weight excluding hydrogens is 204 g/mol. The van der Waals surface area contributed by atoms with Gasteiger partial charge in [0, 0.05) is 11.6 Å². The van der Waals surface area contributed by atoms with E-state index in [0.717, 1.165) is 10.8 Å². The summed E-state index contributed by atoms with van der Waals surface area (Å²) >= 11 is 0. The molecule has 0 radical (unpaired) electrons. The van der Waals surface area contributed by atoms with Crippen molar-refractivity contribution in [3.05, 3.63) is 36.5 Å². The van der Waals surface area contributed by atoms with Crippen molar-refractivity contribution in [3.63, 3.8) is 0 Å². The Morgan fingerprint density at radius 2 is 2.12 bits per heavy atom. The van der Waals surface area contributed by atoms with Crippen molar-refractivity contribution in [1.82, 2.24) is 4.98 Å². The third kappa shape index (κ3) is 2.28. The highest BCUT2D eigenvalue weighted by atomic mass is 16.5. The predicted molar refractivity (Wildman–Crippen MR) is 62.4 cm³/mol. The van der Waals surface area contributed by atoms with Crippen LogP contribution in [-0.2, 0) is 4.74 Å². The van der Waals surface area contributed by atoms with Crippen LogP contribution in [0.2, 0.25) is 0 Å². The van der Waals surface area contributed by atoms with Gasteiger partial charge in [-0.25, -0.2) is 9.78 Å². The standard InChI is InChI=1S/C12H12N2O2/c1-2-16-12(15)14-11-7-9-5-3-4-6-10(9)8-13-11/h3-8H,2H2,1H3,(H,13,14,15). The molecule has 0 spiro atoms. The van der Waals surface area contributed by atoms with Gasteiger partial charge in [0.2, 0.25) is 0 Å². The zero-order chi connectivity index (χ0) is 11.4. The fourth-order valence-electron chi connectivity index (χ4n) is 1.42. The van der Waals surface area contributed by atoms with Gasteiger partial charge in [0.05, 0.1) is 6.61 Å². The third-order valence-electron chi connectivity index (χ3n) is 2.14. The zero-order valence-corrected chi connectivity index (χ0v) is 8.93. The summed E-state index contributed by atoms with van der Waals surface area (Å²) in [6.45, 7) is 2.10. The van der Waals surface area contributed by atoms with E-state index in [1.807, 2.05) is 30.3 Å². The van der Waals surface area contributed by atoms with Crippen LogP contribution in [0.1, 0.15) is 6.92 Å². The second-order valence-electron chi connectivity index (χ2n) is 3.26. The van der Waals surface area contributed by atoms with Crippen molar-refractivity contribution < 1.29 is 9.53 Å².